The first-order chi connectivity index (χ1) is 16.2. The number of ether oxygens (including phenoxy) is 1. The topological polar surface area (TPSA) is 92.7 Å². The molecule has 2 aliphatic rings. The number of carboxylic acids is 1. The number of halogens is 1. The highest BCUT2D eigenvalue weighted by molar-refractivity contribution is 7.92. The first-order valence-corrected chi connectivity index (χ1v) is 13.4. The molecule has 6 nitrogen and oxygen atoms in total. The van der Waals surface area contributed by atoms with Gasteiger partial charge >= 0.3 is 5.97 Å². The van der Waals surface area contributed by atoms with E-state index in [2.05, 4.69) is 5.32 Å². The second-order valence-corrected chi connectivity index (χ2v) is 11.9. The van der Waals surface area contributed by atoms with Gasteiger partial charge in [-0.05, 0) is 55.4 Å². The van der Waals surface area contributed by atoms with Crippen molar-refractivity contribution in [1.29, 1.82) is 0 Å². The van der Waals surface area contributed by atoms with E-state index in [-0.39, 0.29) is 18.9 Å². The Labute approximate surface area is 200 Å². The molecule has 0 radical (unpaired) electrons. The maximum absolute atomic E-state index is 15.4. The lowest BCUT2D eigenvalue weighted by atomic mass is 9.71. The standard InChI is InChI=1S/C26H32FNO5S/c1-18-23(34(31,32)24(17-28-18)19-5-3-2-4-6-19)15-20-7-8-21(16-22(20)27)26(10-9-25(29)30)11-13-33-14-12-26/h2-8,16,18,23-24,28H,9-15,17H2,1H3,(H,29,30)/t18-,23?,24-/m0/s1. The average molecular weight is 490 g/mol. The molecule has 0 aromatic heterocycles. The molecular formula is C26H32FNO5S. The molecule has 2 saturated heterocycles. The Hall–Kier alpha value is -2.29. The summed E-state index contributed by atoms with van der Waals surface area (Å²) >= 11 is 0. The lowest BCUT2D eigenvalue weighted by molar-refractivity contribution is -0.137. The fraction of sp³-hybridized carbons (Fsp3) is 0.500. The zero-order chi connectivity index (χ0) is 24.3. The minimum Gasteiger partial charge on any atom is -0.481 e. The van der Waals surface area contributed by atoms with E-state index < -0.39 is 37.5 Å². The number of carbonyl (C=O) groups is 1. The molecule has 2 aromatic carbocycles. The Morgan fingerprint density at radius 3 is 2.53 bits per heavy atom. The van der Waals surface area contributed by atoms with Crippen LogP contribution in [0.5, 0.6) is 0 Å². The first-order valence-electron chi connectivity index (χ1n) is 11.8. The molecule has 0 saturated carbocycles. The van der Waals surface area contributed by atoms with Gasteiger partial charge < -0.3 is 15.2 Å². The first kappa shape index (κ1) is 24.8. The van der Waals surface area contributed by atoms with Crippen molar-refractivity contribution in [2.45, 2.75) is 61.0 Å². The Morgan fingerprint density at radius 1 is 1.18 bits per heavy atom. The van der Waals surface area contributed by atoms with Crippen molar-refractivity contribution in [3.63, 3.8) is 0 Å². The van der Waals surface area contributed by atoms with Crippen LogP contribution in [0.4, 0.5) is 4.39 Å². The zero-order valence-electron chi connectivity index (χ0n) is 19.4. The monoisotopic (exact) mass is 489 g/mol. The van der Waals surface area contributed by atoms with E-state index in [1.165, 1.54) is 6.07 Å². The predicted molar refractivity (Wildman–Crippen MR) is 128 cm³/mol. The largest absolute Gasteiger partial charge is 0.481 e. The van der Waals surface area contributed by atoms with Gasteiger partial charge in [0.25, 0.3) is 0 Å². The number of benzene rings is 2. The Bertz CT molecular complexity index is 1120. The molecule has 8 heteroatoms. The summed E-state index contributed by atoms with van der Waals surface area (Å²) in [5.74, 6) is -1.32. The van der Waals surface area contributed by atoms with Crippen LogP contribution in [0.3, 0.4) is 0 Å². The summed E-state index contributed by atoms with van der Waals surface area (Å²) < 4.78 is 47.9. The van der Waals surface area contributed by atoms with Crippen molar-refractivity contribution in [1.82, 2.24) is 5.32 Å². The third-order valence-corrected chi connectivity index (χ3v) is 10.2. The van der Waals surface area contributed by atoms with Crippen molar-refractivity contribution in [2.75, 3.05) is 19.8 Å². The van der Waals surface area contributed by atoms with E-state index >= 15 is 4.39 Å². The van der Waals surface area contributed by atoms with Gasteiger partial charge in [0.2, 0.25) is 0 Å². The molecule has 184 valence electrons. The third-order valence-electron chi connectivity index (χ3n) is 7.53. The van der Waals surface area contributed by atoms with E-state index in [0.29, 0.717) is 44.6 Å². The normalized spacial score (nSPS) is 26.1. The summed E-state index contributed by atoms with van der Waals surface area (Å²) in [4.78, 5) is 11.2. The van der Waals surface area contributed by atoms with Crippen LogP contribution in [0.2, 0.25) is 0 Å². The second-order valence-electron chi connectivity index (χ2n) is 9.52. The van der Waals surface area contributed by atoms with Crippen LogP contribution in [-0.4, -0.2) is 50.5 Å². The molecule has 2 N–H and O–H groups in total. The van der Waals surface area contributed by atoms with Crippen LogP contribution in [0.25, 0.3) is 0 Å². The molecule has 0 amide bonds. The molecule has 0 aliphatic carbocycles. The summed E-state index contributed by atoms with van der Waals surface area (Å²) in [5.41, 5.74) is 1.42. The SMILES string of the molecule is C[C@@H]1NC[C@@H](c2ccccc2)S(=O)(=O)C1Cc1ccc(C2(CCC(=O)O)CCOCC2)cc1F. The van der Waals surface area contributed by atoms with E-state index in [1.807, 2.05) is 43.3 Å². The average Bonchev–Trinajstić information content (AvgIpc) is 2.82. The Balaban J connectivity index is 1.59. The highest BCUT2D eigenvalue weighted by Crippen LogP contribution is 2.40. The van der Waals surface area contributed by atoms with Crippen LogP contribution in [0, 0.1) is 5.82 Å². The minimum atomic E-state index is -3.55. The lowest BCUT2D eigenvalue weighted by Gasteiger charge is -2.38. The molecule has 2 aliphatic heterocycles. The maximum Gasteiger partial charge on any atom is 0.303 e. The quantitative estimate of drug-likeness (QED) is 0.615. The maximum atomic E-state index is 15.4. The van der Waals surface area contributed by atoms with Crippen molar-refractivity contribution in [3.8, 4) is 0 Å². The number of sulfone groups is 1. The molecule has 3 atom stereocenters. The molecule has 0 bridgehead atoms. The zero-order valence-corrected chi connectivity index (χ0v) is 20.2. The van der Waals surface area contributed by atoms with E-state index in [4.69, 9.17) is 4.74 Å². The molecule has 2 aromatic rings. The summed E-state index contributed by atoms with van der Waals surface area (Å²) in [7, 11) is -3.55. The number of carboxylic acid groups (broad SMARTS) is 1. The fourth-order valence-electron chi connectivity index (χ4n) is 5.36. The number of hydrogen-bond donors (Lipinski definition) is 2. The molecule has 34 heavy (non-hydrogen) atoms. The summed E-state index contributed by atoms with van der Waals surface area (Å²) in [6.45, 7) is 3.18. The summed E-state index contributed by atoms with van der Waals surface area (Å²) in [6.07, 6.45) is 1.78. The van der Waals surface area contributed by atoms with Crippen LogP contribution >= 0.6 is 0 Å². The van der Waals surface area contributed by atoms with E-state index in [9.17, 15) is 18.3 Å². The highest BCUT2D eigenvalue weighted by atomic mass is 32.2. The van der Waals surface area contributed by atoms with Gasteiger partial charge in [-0.2, -0.15) is 0 Å². The van der Waals surface area contributed by atoms with Gasteiger partial charge in [-0.1, -0.05) is 42.5 Å². The number of nitrogens with one attached hydrogen (secondary N) is 1. The van der Waals surface area contributed by atoms with Crippen molar-refractivity contribution >= 4 is 15.8 Å². The van der Waals surface area contributed by atoms with Gasteiger partial charge in [0, 0.05) is 37.6 Å². The summed E-state index contributed by atoms with van der Waals surface area (Å²) in [5, 5.41) is 11.1. The van der Waals surface area contributed by atoms with Gasteiger partial charge in [0.15, 0.2) is 9.84 Å². The highest BCUT2D eigenvalue weighted by Gasteiger charge is 2.43. The van der Waals surface area contributed by atoms with Crippen molar-refractivity contribution in [3.05, 3.63) is 71.0 Å². The number of hydrogen-bond acceptors (Lipinski definition) is 5. The van der Waals surface area contributed by atoms with Gasteiger partial charge in [0.1, 0.15) is 5.82 Å². The van der Waals surface area contributed by atoms with Crippen LogP contribution < -0.4 is 5.32 Å². The molecule has 2 heterocycles. The van der Waals surface area contributed by atoms with Gasteiger partial charge in [0.05, 0.1) is 10.5 Å². The van der Waals surface area contributed by atoms with Crippen LogP contribution in [-0.2, 0) is 31.2 Å². The summed E-state index contributed by atoms with van der Waals surface area (Å²) in [6, 6.07) is 13.8. The van der Waals surface area contributed by atoms with Gasteiger partial charge in [-0.15, -0.1) is 0 Å². The molecule has 0 spiro atoms. The Kier molecular flexibility index (Phi) is 7.40. The Morgan fingerprint density at radius 2 is 1.88 bits per heavy atom. The molecule has 2 fully saturated rings. The smallest absolute Gasteiger partial charge is 0.303 e. The van der Waals surface area contributed by atoms with Gasteiger partial charge in [-0.25, -0.2) is 12.8 Å². The third kappa shape index (κ3) is 5.04. The second kappa shape index (κ2) is 10.1. The molecular weight excluding hydrogens is 457 g/mol. The van der Waals surface area contributed by atoms with E-state index in [0.717, 1.165) is 11.1 Å². The number of rotatable bonds is 7. The van der Waals surface area contributed by atoms with Crippen molar-refractivity contribution < 1.29 is 27.4 Å². The predicted octanol–water partition coefficient (Wildman–Crippen LogP) is 3.80. The van der Waals surface area contributed by atoms with Crippen LogP contribution in [0.1, 0.15) is 54.5 Å². The van der Waals surface area contributed by atoms with Crippen molar-refractivity contribution in [2.24, 2.45) is 0 Å². The van der Waals surface area contributed by atoms with Gasteiger partial charge in [-0.3, -0.25) is 4.79 Å². The number of aliphatic carboxylic acids is 1. The fourth-order valence-corrected chi connectivity index (χ4v) is 7.72. The van der Waals surface area contributed by atoms with Crippen LogP contribution in [0.15, 0.2) is 48.5 Å². The van der Waals surface area contributed by atoms with E-state index in [1.54, 1.807) is 6.07 Å². The molecule has 4 rings (SSSR count). The minimum absolute atomic E-state index is 0.00769. The molecule has 1 unspecified atom stereocenters. The lowest BCUT2D eigenvalue weighted by Crippen LogP contribution is -2.53.